The van der Waals surface area contributed by atoms with Crippen molar-refractivity contribution in [3.8, 4) is 16.5 Å². The van der Waals surface area contributed by atoms with Crippen LogP contribution in [0.15, 0.2) is 53.4 Å². The van der Waals surface area contributed by atoms with Crippen LogP contribution in [-0.2, 0) is 16.4 Å². The summed E-state index contributed by atoms with van der Waals surface area (Å²) in [6, 6.07) is 18.4. The Morgan fingerprint density at radius 1 is 1.10 bits per heavy atom. The van der Waals surface area contributed by atoms with E-state index < -0.39 is 14.9 Å². The number of rotatable bonds is 9. The van der Waals surface area contributed by atoms with Crippen molar-refractivity contribution in [1.82, 2.24) is 0 Å². The molecule has 4 nitrogen and oxygen atoms in total. The fraction of sp³-hybridized carbons (Fsp3) is 0.320. The van der Waals surface area contributed by atoms with E-state index in [0.717, 1.165) is 22.8 Å². The molecule has 1 aromatic heterocycles. The van der Waals surface area contributed by atoms with E-state index in [4.69, 9.17) is 10.4 Å². The van der Waals surface area contributed by atoms with E-state index in [1.165, 1.54) is 59.4 Å². The van der Waals surface area contributed by atoms with E-state index in [9.17, 15) is 8.42 Å². The summed E-state index contributed by atoms with van der Waals surface area (Å²) in [4.78, 5) is 1.25. The second-order valence-corrected chi connectivity index (χ2v) is 10.5. The topological polar surface area (TPSA) is 83.9 Å². The highest BCUT2D eigenvalue weighted by molar-refractivity contribution is 7.93. The Kier molecular flexibility index (Phi) is 7.66. The lowest BCUT2D eigenvalue weighted by Crippen LogP contribution is -2.13. The monoisotopic (exact) mass is 452 g/mol. The van der Waals surface area contributed by atoms with Crippen molar-refractivity contribution in [2.75, 3.05) is 0 Å². The van der Waals surface area contributed by atoms with Gasteiger partial charge in [0.25, 0.3) is 0 Å². The third-order valence-electron chi connectivity index (χ3n) is 5.62. The third-order valence-corrected chi connectivity index (χ3v) is 7.53. The van der Waals surface area contributed by atoms with Gasteiger partial charge < -0.3 is 0 Å². The summed E-state index contributed by atoms with van der Waals surface area (Å²) in [6.45, 7) is 4.54. The first-order chi connectivity index (χ1) is 14.8. The Balaban J connectivity index is 1.80. The minimum absolute atomic E-state index is 0.434. The molecule has 6 heteroatoms. The van der Waals surface area contributed by atoms with Gasteiger partial charge in [0.2, 0.25) is 10.0 Å². The SMILES string of the molecule is CCCC(CC)CCc1ccc2cc(-c3ccc(/C=C(\C#N)S(N)(=O)=O)s3)ccc2c1. The van der Waals surface area contributed by atoms with Crippen LogP contribution in [0.1, 0.15) is 50.0 Å². The maximum atomic E-state index is 11.4. The first-order valence-corrected chi connectivity index (χ1v) is 13.0. The normalized spacial score (nSPS) is 13.3. The molecule has 0 spiro atoms. The molecular weight excluding hydrogens is 424 g/mol. The zero-order chi connectivity index (χ0) is 22.4. The van der Waals surface area contributed by atoms with Crippen LogP contribution >= 0.6 is 11.3 Å². The van der Waals surface area contributed by atoms with Gasteiger partial charge in [-0.15, -0.1) is 11.3 Å². The van der Waals surface area contributed by atoms with Crippen LogP contribution in [0.25, 0.3) is 27.3 Å². The molecule has 0 amide bonds. The van der Waals surface area contributed by atoms with Crippen LogP contribution in [-0.4, -0.2) is 8.42 Å². The molecule has 1 heterocycles. The van der Waals surface area contributed by atoms with Crippen LogP contribution in [0, 0.1) is 17.2 Å². The number of aryl methyl sites for hydroxylation is 1. The number of fused-ring (bicyclic) bond motifs is 1. The van der Waals surface area contributed by atoms with Crippen LogP contribution < -0.4 is 5.14 Å². The van der Waals surface area contributed by atoms with Gasteiger partial charge in [-0.25, -0.2) is 13.6 Å². The fourth-order valence-electron chi connectivity index (χ4n) is 3.83. The van der Waals surface area contributed by atoms with E-state index >= 15 is 0 Å². The van der Waals surface area contributed by atoms with Gasteiger partial charge in [-0.2, -0.15) is 5.26 Å². The first kappa shape index (κ1) is 23.2. The molecule has 0 saturated carbocycles. The number of nitrogens with zero attached hydrogens (tertiary/aromatic N) is 1. The van der Waals surface area contributed by atoms with E-state index in [2.05, 4.69) is 50.2 Å². The fourth-order valence-corrected chi connectivity index (χ4v) is 5.27. The summed E-state index contributed by atoms with van der Waals surface area (Å²) in [7, 11) is -4.01. The molecule has 0 aliphatic rings. The molecule has 3 rings (SSSR count). The molecule has 0 saturated heterocycles. The number of allylic oxidation sites excluding steroid dienone is 1. The number of thiophene rings is 1. The molecule has 1 atom stereocenters. The number of primary sulfonamides is 1. The van der Waals surface area contributed by atoms with Crippen molar-refractivity contribution in [2.45, 2.75) is 46.0 Å². The molecule has 0 radical (unpaired) electrons. The maximum Gasteiger partial charge on any atom is 0.248 e. The third kappa shape index (κ3) is 6.04. The number of hydrogen-bond acceptors (Lipinski definition) is 4. The van der Waals surface area contributed by atoms with Gasteiger partial charge in [-0.05, 0) is 64.9 Å². The smallest absolute Gasteiger partial charge is 0.224 e. The zero-order valence-electron chi connectivity index (χ0n) is 18.0. The Morgan fingerprint density at radius 3 is 2.52 bits per heavy atom. The van der Waals surface area contributed by atoms with Gasteiger partial charge >= 0.3 is 0 Å². The highest BCUT2D eigenvalue weighted by Crippen LogP contribution is 2.32. The maximum absolute atomic E-state index is 11.4. The number of sulfonamides is 1. The van der Waals surface area contributed by atoms with Crippen LogP contribution in [0.2, 0.25) is 0 Å². The Morgan fingerprint density at radius 2 is 1.84 bits per heavy atom. The van der Waals surface area contributed by atoms with Crippen LogP contribution in [0.4, 0.5) is 0 Å². The van der Waals surface area contributed by atoms with E-state index in [0.29, 0.717) is 4.88 Å². The summed E-state index contributed by atoms with van der Waals surface area (Å²) in [6.07, 6.45) is 7.47. The van der Waals surface area contributed by atoms with Crippen molar-refractivity contribution in [2.24, 2.45) is 11.1 Å². The van der Waals surface area contributed by atoms with Gasteiger partial charge in [0, 0.05) is 9.75 Å². The number of nitriles is 1. The molecule has 0 bridgehead atoms. The quantitative estimate of drug-likeness (QED) is 0.377. The summed E-state index contributed by atoms with van der Waals surface area (Å²) >= 11 is 1.43. The van der Waals surface area contributed by atoms with E-state index in [-0.39, 0.29) is 0 Å². The van der Waals surface area contributed by atoms with Crippen molar-refractivity contribution in [3.05, 3.63) is 63.9 Å². The van der Waals surface area contributed by atoms with E-state index in [1.54, 1.807) is 12.1 Å². The molecule has 2 N–H and O–H groups in total. The number of benzene rings is 2. The molecule has 3 aromatic rings. The van der Waals surface area contributed by atoms with Crippen molar-refractivity contribution >= 4 is 38.2 Å². The van der Waals surface area contributed by atoms with Crippen molar-refractivity contribution in [3.63, 3.8) is 0 Å². The van der Waals surface area contributed by atoms with Gasteiger partial charge in [0.1, 0.15) is 6.07 Å². The summed E-state index contributed by atoms with van der Waals surface area (Å²) < 4.78 is 22.9. The molecule has 0 aliphatic carbocycles. The van der Waals surface area contributed by atoms with Crippen molar-refractivity contribution < 1.29 is 8.42 Å². The average molecular weight is 453 g/mol. The molecule has 162 valence electrons. The largest absolute Gasteiger partial charge is 0.248 e. The van der Waals surface area contributed by atoms with Gasteiger partial charge in [0.05, 0.1) is 0 Å². The molecule has 2 aromatic carbocycles. The standard InChI is InChI=1S/C25H28N2O2S2/c1-3-5-18(4-2)6-7-19-8-9-21-15-22(11-10-20(21)14-19)25-13-12-23(30-25)16-24(17-26)31(27,28)29/h8-16,18H,3-7H2,1-2H3,(H2,27,28,29)/b24-16+. The van der Waals surface area contributed by atoms with Crippen LogP contribution in [0.5, 0.6) is 0 Å². The summed E-state index contributed by atoms with van der Waals surface area (Å²) in [5, 5.41) is 16.5. The molecular formula is C25H28N2O2S2. The molecule has 0 aliphatic heterocycles. The lowest BCUT2D eigenvalue weighted by Gasteiger charge is -2.13. The second-order valence-electron chi connectivity index (χ2n) is 7.87. The molecule has 31 heavy (non-hydrogen) atoms. The Labute approximate surface area is 189 Å². The lowest BCUT2D eigenvalue weighted by atomic mass is 9.92. The highest BCUT2D eigenvalue weighted by Gasteiger charge is 2.12. The lowest BCUT2D eigenvalue weighted by molar-refractivity contribution is 0.432. The Hall–Kier alpha value is -2.46. The molecule has 0 fully saturated rings. The van der Waals surface area contributed by atoms with E-state index in [1.807, 2.05) is 6.07 Å². The van der Waals surface area contributed by atoms with Gasteiger partial charge in [0.15, 0.2) is 4.91 Å². The highest BCUT2D eigenvalue weighted by atomic mass is 32.2. The van der Waals surface area contributed by atoms with Gasteiger partial charge in [-0.3, -0.25) is 0 Å². The van der Waals surface area contributed by atoms with Crippen molar-refractivity contribution in [1.29, 1.82) is 5.26 Å². The predicted molar refractivity (Wildman–Crippen MR) is 131 cm³/mol. The zero-order valence-corrected chi connectivity index (χ0v) is 19.6. The van der Waals surface area contributed by atoms with Gasteiger partial charge in [-0.1, -0.05) is 63.4 Å². The van der Waals surface area contributed by atoms with Crippen LogP contribution in [0.3, 0.4) is 0 Å². The minimum atomic E-state index is -4.01. The predicted octanol–water partition coefficient (Wildman–Crippen LogP) is 6.48. The Bertz CT molecular complexity index is 1230. The first-order valence-electron chi connectivity index (χ1n) is 10.6. The molecule has 1 unspecified atom stereocenters. The average Bonchev–Trinajstić information content (AvgIpc) is 3.22. The summed E-state index contributed by atoms with van der Waals surface area (Å²) in [5.74, 6) is 0.806. The summed E-state index contributed by atoms with van der Waals surface area (Å²) in [5.41, 5.74) is 2.44. The number of hydrogen-bond donors (Lipinski definition) is 1. The number of nitrogens with two attached hydrogens (primary N) is 1. The minimum Gasteiger partial charge on any atom is -0.224 e. The second kappa shape index (κ2) is 10.2.